The molecule has 0 saturated heterocycles. The van der Waals surface area contributed by atoms with Gasteiger partial charge in [-0.05, 0) is 6.92 Å². The highest BCUT2D eigenvalue weighted by Gasteiger charge is 2.20. The van der Waals surface area contributed by atoms with Crippen LogP contribution >= 0.6 is 19.6 Å². The van der Waals surface area contributed by atoms with E-state index >= 15 is 0 Å². The van der Waals surface area contributed by atoms with E-state index in [4.69, 9.17) is 16.7 Å². The van der Waals surface area contributed by atoms with E-state index in [-0.39, 0.29) is 12.0 Å². The van der Waals surface area contributed by atoms with Crippen LogP contribution in [0.15, 0.2) is 11.1 Å². The molecular formula is C6H8ClO4P. The molecule has 0 radical (unpaired) electrons. The normalized spacial score (nSPS) is 15.6. The summed E-state index contributed by atoms with van der Waals surface area (Å²) in [7, 11) is -2.59. The van der Waals surface area contributed by atoms with Gasteiger partial charge in [0.1, 0.15) is 0 Å². The number of aliphatic carboxylic acids is 1. The van der Waals surface area contributed by atoms with Crippen molar-refractivity contribution in [2.45, 2.75) is 19.0 Å². The molecular weight excluding hydrogens is 202 g/mol. The van der Waals surface area contributed by atoms with Crippen molar-refractivity contribution in [3.8, 4) is 0 Å². The quantitative estimate of drug-likeness (QED) is 0.556. The maximum atomic E-state index is 10.3. The molecule has 0 aromatic heterocycles. The highest BCUT2D eigenvalue weighted by molar-refractivity contribution is 7.37. The van der Waals surface area contributed by atoms with Gasteiger partial charge >= 0.3 is 14.0 Å². The Labute approximate surface area is 75.7 Å². The number of carboxylic acids is 1. The van der Waals surface area contributed by atoms with E-state index in [9.17, 15) is 14.3 Å². The highest BCUT2D eigenvalue weighted by atomic mass is 35.5. The van der Waals surface area contributed by atoms with Crippen molar-refractivity contribution in [3.05, 3.63) is 11.1 Å². The van der Waals surface area contributed by atoms with Crippen LogP contribution in [0.25, 0.3) is 0 Å². The van der Waals surface area contributed by atoms with Crippen molar-refractivity contribution in [2.75, 3.05) is 0 Å². The fourth-order valence-corrected chi connectivity index (χ4v) is 1.10. The zero-order valence-electron chi connectivity index (χ0n) is 6.36. The van der Waals surface area contributed by atoms with Gasteiger partial charge in [0.15, 0.2) is 5.66 Å². The van der Waals surface area contributed by atoms with Crippen LogP contribution in [0.2, 0.25) is 0 Å². The molecule has 2 unspecified atom stereocenters. The van der Waals surface area contributed by atoms with E-state index in [2.05, 4.69) is 0 Å². The van der Waals surface area contributed by atoms with Crippen LogP contribution < -0.4 is 4.89 Å². The summed E-state index contributed by atoms with van der Waals surface area (Å²) in [5.41, 5.74) is 0.0990. The van der Waals surface area contributed by atoms with Gasteiger partial charge in [-0.2, -0.15) is 0 Å². The topological polar surface area (TPSA) is 77.4 Å². The molecule has 0 aliphatic carbocycles. The van der Waals surface area contributed by atoms with Crippen molar-refractivity contribution >= 4 is 25.6 Å². The molecule has 6 heteroatoms. The minimum Gasteiger partial charge on any atom is -0.595 e. The number of carbonyl (C=O) groups is 1. The second kappa shape index (κ2) is 5.25. The molecule has 0 bridgehead atoms. The molecule has 0 heterocycles. The molecule has 0 fully saturated rings. The van der Waals surface area contributed by atoms with Gasteiger partial charge < -0.3 is 10.00 Å². The lowest BCUT2D eigenvalue weighted by Crippen LogP contribution is -2.09. The second-order valence-corrected chi connectivity index (χ2v) is 3.95. The van der Waals surface area contributed by atoms with Gasteiger partial charge in [0.25, 0.3) is 0 Å². The third kappa shape index (κ3) is 3.81. The molecule has 0 spiro atoms. The first kappa shape index (κ1) is 11.6. The Morgan fingerprint density at radius 3 is 2.58 bits per heavy atom. The molecule has 0 rings (SSSR count). The van der Waals surface area contributed by atoms with Gasteiger partial charge in [0.2, 0.25) is 0 Å². The van der Waals surface area contributed by atoms with Gasteiger partial charge in [-0.15, -0.1) is 0 Å². The van der Waals surface area contributed by atoms with Crippen LogP contribution in [0.1, 0.15) is 13.3 Å². The predicted molar refractivity (Wildman–Crippen MR) is 43.3 cm³/mol. The molecule has 0 saturated carbocycles. The Morgan fingerprint density at radius 2 is 2.33 bits per heavy atom. The Bertz CT molecular complexity index is 226. The first-order valence-corrected chi connectivity index (χ1v) is 4.83. The first-order chi connectivity index (χ1) is 5.49. The first-order valence-electron chi connectivity index (χ1n) is 3.15. The number of rotatable bonds is 4. The van der Waals surface area contributed by atoms with E-state index in [1.54, 1.807) is 0 Å². The van der Waals surface area contributed by atoms with Crippen molar-refractivity contribution < 1.29 is 19.4 Å². The van der Waals surface area contributed by atoms with Gasteiger partial charge in [-0.3, -0.25) is 0 Å². The Balaban J connectivity index is 4.23. The molecule has 0 aromatic carbocycles. The highest BCUT2D eigenvalue weighted by Crippen LogP contribution is 2.24. The van der Waals surface area contributed by atoms with Crippen LogP contribution in [0, 0.1) is 0 Å². The maximum Gasteiger partial charge on any atom is 0.332 e. The molecule has 0 aromatic rings. The monoisotopic (exact) mass is 210 g/mol. The van der Waals surface area contributed by atoms with E-state index in [0.717, 1.165) is 5.54 Å². The zero-order valence-corrected chi connectivity index (χ0v) is 8.01. The summed E-state index contributed by atoms with van der Waals surface area (Å²) in [6.07, 6.45) is -0.0580. The Kier molecular flexibility index (Phi) is 5.06. The van der Waals surface area contributed by atoms with Gasteiger partial charge in [-0.1, -0.05) is 16.2 Å². The fourth-order valence-electron chi connectivity index (χ4n) is 0.571. The minimum absolute atomic E-state index is 0.0580. The van der Waals surface area contributed by atoms with Crippen LogP contribution in [0.3, 0.4) is 0 Å². The van der Waals surface area contributed by atoms with Gasteiger partial charge in [-0.25, -0.2) is 4.79 Å². The summed E-state index contributed by atoms with van der Waals surface area (Å²) in [4.78, 5) is 20.7. The van der Waals surface area contributed by atoms with Crippen LogP contribution in [-0.4, -0.2) is 16.7 Å². The largest absolute Gasteiger partial charge is 0.595 e. The molecule has 4 nitrogen and oxygen atoms in total. The van der Waals surface area contributed by atoms with Crippen molar-refractivity contribution in [1.82, 2.24) is 0 Å². The van der Waals surface area contributed by atoms with Gasteiger partial charge in [0, 0.05) is 12.0 Å². The Morgan fingerprint density at radius 1 is 1.83 bits per heavy atom. The predicted octanol–water partition coefficient (Wildman–Crippen LogP) is 1.07. The summed E-state index contributed by atoms with van der Waals surface area (Å²) >= 11 is 5.17. The average molecular weight is 211 g/mol. The molecule has 68 valence electrons. The lowest BCUT2D eigenvalue weighted by Gasteiger charge is -2.01. The third-order valence-corrected chi connectivity index (χ3v) is 2.45. The molecule has 12 heavy (non-hydrogen) atoms. The SMILES string of the molecule is CC(CC(=CCl)C(=O)O)[P+](=O)[O-]. The molecule has 0 amide bonds. The van der Waals surface area contributed by atoms with Gasteiger partial charge in [0.05, 0.1) is 5.57 Å². The maximum absolute atomic E-state index is 10.3. The number of hydrogen-bond acceptors (Lipinski definition) is 3. The van der Waals surface area contributed by atoms with E-state index in [1.165, 1.54) is 6.92 Å². The van der Waals surface area contributed by atoms with E-state index in [1.807, 2.05) is 0 Å². The standard InChI is InChI=1S/C6H8ClO4P/c1-4(12(10)11)2-5(3-7)6(8)9/h3-4H,2H2,1H3,(H,8,9). The molecule has 2 atom stereocenters. The fraction of sp³-hybridized carbons (Fsp3) is 0.500. The minimum atomic E-state index is -2.59. The molecule has 0 aliphatic heterocycles. The lowest BCUT2D eigenvalue weighted by atomic mass is 10.2. The van der Waals surface area contributed by atoms with Crippen molar-refractivity contribution in [2.24, 2.45) is 0 Å². The van der Waals surface area contributed by atoms with Crippen molar-refractivity contribution in [1.29, 1.82) is 0 Å². The van der Waals surface area contributed by atoms with E-state index in [0.29, 0.717) is 0 Å². The van der Waals surface area contributed by atoms with Crippen LogP contribution in [0.5, 0.6) is 0 Å². The van der Waals surface area contributed by atoms with Crippen molar-refractivity contribution in [3.63, 3.8) is 0 Å². The summed E-state index contributed by atoms with van der Waals surface area (Å²) in [6.45, 7) is 1.43. The summed E-state index contributed by atoms with van der Waals surface area (Å²) in [5, 5.41) is 8.45. The van der Waals surface area contributed by atoms with E-state index < -0.39 is 19.7 Å². The summed E-state index contributed by atoms with van der Waals surface area (Å²) in [5.74, 6) is -1.19. The van der Waals surface area contributed by atoms with Crippen LogP contribution in [0.4, 0.5) is 0 Å². The van der Waals surface area contributed by atoms with Crippen LogP contribution in [-0.2, 0) is 9.36 Å². The summed E-state index contributed by atoms with van der Waals surface area (Å²) in [6, 6.07) is 0. The Hall–Kier alpha value is -0.440. The summed E-state index contributed by atoms with van der Waals surface area (Å²) < 4.78 is 10.3. The molecule has 1 N–H and O–H groups in total. The molecule has 0 aliphatic rings. The number of carboxylic acid groups (broad SMARTS) is 1. The average Bonchev–Trinajstić information content (AvgIpc) is 1.98. The lowest BCUT2D eigenvalue weighted by molar-refractivity contribution is -0.166. The zero-order chi connectivity index (χ0) is 9.72. The number of hydrogen-bond donors (Lipinski definition) is 1. The smallest absolute Gasteiger partial charge is 0.332 e. The number of halogens is 1. The second-order valence-electron chi connectivity index (χ2n) is 2.28. The third-order valence-electron chi connectivity index (χ3n) is 1.28.